The highest BCUT2D eigenvalue weighted by molar-refractivity contribution is 7.80. The molecule has 1 aromatic carbocycles. The zero-order valence-electron chi connectivity index (χ0n) is 8.28. The molecule has 2 aromatic rings. The monoisotopic (exact) mass is 224 g/mol. The summed E-state index contributed by atoms with van der Waals surface area (Å²) in [4.78, 5) is 8.20. The van der Waals surface area contributed by atoms with E-state index in [1.807, 2.05) is 0 Å². The first-order chi connectivity index (χ1) is 7.11. The third-order valence-corrected chi connectivity index (χ3v) is 2.40. The summed E-state index contributed by atoms with van der Waals surface area (Å²) in [6.45, 7) is 1.74. The quantitative estimate of drug-likeness (QED) is 0.596. The van der Waals surface area contributed by atoms with E-state index in [4.69, 9.17) is 4.74 Å². The van der Waals surface area contributed by atoms with Gasteiger partial charge in [0.1, 0.15) is 10.9 Å². The highest BCUT2D eigenvalue weighted by Crippen LogP contribution is 2.26. The molecule has 0 radical (unpaired) electrons. The summed E-state index contributed by atoms with van der Waals surface area (Å²) in [6.07, 6.45) is 0. The van der Waals surface area contributed by atoms with Gasteiger partial charge >= 0.3 is 0 Å². The van der Waals surface area contributed by atoms with Crippen LogP contribution in [0.2, 0.25) is 0 Å². The van der Waals surface area contributed by atoms with Gasteiger partial charge in [0.2, 0.25) is 0 Å². The zero-order valence-corrected chi connectivity index (χ0v) is 9.18. The maximum atomic E-state index is 13.4. The number of thiol groups is 1. The molecule has 0 bridgehead atoms. The number of benzene rings is 1. The Kier molecular flexibility index (Phi) is 2.48. The van der Waals surface area contributed by atoms with Gasteiger partial charge in [-0.3, -0.25) is 0 Å². The first kappa shape index (κ1) is 10.2. The Balaban J connectivity index is 2.81. The van der Waals surface area contributed by atoms with E-state index in [0.29, 0.717) is 21.8 Å². The number of hydrogen-bond acceptors (Lipinski definition) is 4. The summed E-state index contributed by atoms with van der Waals surface area (Å²) in [5, 5.41) is 1.21. The molecule has 0 saturated carbocycles. The molecule has 0 saturated heterocycles. The third kappa shape index (κ3) is 1.74. The number of nitrogens with zero attached hydrogens (tertiary/aromatic N) is 2. The summed E-state index contributed by atoms with van der Waals surface area (Å²) in [7, 11) is 1.41. The lowest BCUT2D eigenvalue weighted by molar-refractivity contribution is 0.387. The number of hydrogen-bond donors (Lipinski definition) is 1. The van der Waals surface area contributed by atoms with Gasteiger partial charge < -0.3 is 4.74 Å². The van der Waals surface area contributed by atoms with Gasteiger partial charge in [-0.25, -0.2) is 14.4 Å². The van der Waals surface area contributed by atoms with Crippen LogP contribution < -0.4 is 4.74 Å². The van der Waals surface area contributed by atoms with Crippen molar-refractivity contribution in [1.29, 1.82) is 0 Å². The van der Waals surface area contributed by atoms with Crippen molar-refractivity contribution in [2.24, 2.45) is 0 Å². The van der Waals surface area contributed by atoms with Gasteiger partial charge in [-0.1, -0.05) is 0 Å². The molecule has 1 heterocycles. The zero-order chi connectivity index (χ0) is 11.0. The van der Waals surface area contributed by atoms with E-state index in [-0.39, 0.29) is 5.75 Å². The van der Waals surface area contributed by atoms with Crippen LogP contribution in [0.25, 0.3) is 10.9 Å². The molecule has 0 aliphatic heterocycles. The molecule has 0 atom stereocenters. The van der Waals surface area contributed by atoms with Crippen molar-refractivity contribution in [3.8, 4) is 5.75 Å². The molecule has 0 amide bonds. The van der Waals surface area contributed by atoms with E-state index in [1.165, 1.54) is 13.2 Å². The number of halogens is 1. The lowest BCUT2D eigenvalue weighted by Gasteiger charge is -2.05. The molecule has 3 nitrogen and oxygen atoms in total. The minimum Gasteiger partial charge on any atom is -0.494 e. The van der Waals surface area contributed by atoms with Crippen LogP contribution in [0.3, 0.4) is 0 Å². The first-order valence-electron chi connectivity index (χ1n) is 4.32. The average Bonchev–Trinajstić information content (AvgIpc) is 2.16. The largest absolute Gasteiger partial charge is 0.494 e. The van der Waals surface area contributed by atoms with Gasteiger partial charge in [0.05, 0.1) is 12.6 Å². The van der Waals surface area contributed by atoms with E-state index in [9.17, 15) is 4.39 Å². The van der Waals surface area contributed by atoms with Crippen molar-refractivity contribution in [3.63, 3.8) is 0 Å². The Labute approximate surface area is 91.7 Å². The van der Waals surface area contributed by atoms with Crippen LogP contribution >= 0.6 is 12.6 Å². The summed E-state index contributed by atoms with van der Waals surface area (Å²) in [5.74, 6) is 0.304. The molecule has 1 aromatic heterocycles. The summed E-state index contributed by atoms with van der Waals surface area (Å²) in [6, 6.07) is 2.87. The molecule has 0 aliphatic carbocycles. The summed E-state index contributed by atoms with van der Waals surface area (Å²) in [5.41, 5.74) is 0.533. The lowest BCUT2D eigenvalue weighted by Crippen LogP contribution is -1.94. The minimum absolute atomic E-state index is 0.172. The van der Waals surface area contributed by atoms with Gasteiger partial charge in [0, 0.05) is 11.5 Å². The second-order valence-electron chi connectivity index (χ2n) is 3.10. The van der Waals surface area contributed by atoms with Crippen molar-refractivity contribution in [3.05, 3.63) is 23.8 Å². The molecule has 15 heavy (non-hydrogen) atoms. The first-order valence-corrected chi connectivity index (χ1v) is 4.77. The van der Waals surface area contributed by atoms with Crippen molar-refractivity contribution in [2.45, 2.75) is 11.9 Å². The number of aryl methyl sites for hydroxylation is 1. The number of rotatable bonds is 1. The molecular formula is C10H9FN2OS. The summed E-state index contributed by atoms with van der Waals surface area (Å²) >= 11 is 4.21. The van der Waals surface area contributed by atoms with Crippen LogP contribution in [0.15, 0.2) is 17.2 Å². The Hall–Kier alpha value is -1.36. The van der Waals surface area contributed by atoms with Gasteiger partial charge in [0.25, 0.3) is 0 Å². The fourth-order valence-corrected chi connectivity index (χ4v) is 1.71. The van der Waals surface area contributed by atoms with Crippen molar-refractivity contribution < 1.29 is 9.13 Å². The normalized spacial score (nSPS) is 10.7. The van der Waals surface area contributed by atoms with Gasteiger partial charge in [0.15, 0.2) is 11.6 Å². The van der Waals surface area contributed by atoms with Crippen LogP contribution in [0.1, 0.15) is 5.82 Å². The fraction of sp³-hybridized carbons (Fsp3) is 0.200. The van der Waals surface area contributed by atoms with E-state index >= 15 is 0 Å². The molecule has 0 unspecified atom stereocenters. The molecule has 5 heteroatoms. The second kappa shape index (κ2) is 3.66. The van der Waals surface area contributed by atoms with Crippen LogP contribution in [-0.4, -0.2) is 17.1 Å². The maximum Gasteiger partial charge on any atom is 0.167 e. The molecule has 0 fully saturated rings. The highest BCUT2D eigenvalue weighted by atomic mass is 32.1. The van der Waals surface area contributed by atoms with E-state index in [1.54, 1.807) is 13.0 Å². The molecule has 0 aliphatic rings. The number of ether oxygens (including phenoxy) is 1. The van der Waals surface area contributed by atoms with Crippen LogP contribution in [0.4, 0.5) is 4.39 Å². The maximum absolute atomic E-state index is 13.4. The van der Waals surface area contributed by atoms with E-state index in [2.05, 4.69) is 22.6 Å². The Bertz CT molecular complexity index is 530. The molecule has 0 spiro atoms. The fourth-order valence-electron chi connectivity index (χ4n) is 1.38. The van der Waals surface area contributed by atoms with Crippen molar-refractivity contribution >= 4 is 23.5 Å². The smallest absolute Gasteiger partial charge is 0.167 e. The topological polar surface area (TPSA) is 35.0 Å². The second-order valence-corrected chi connectivity index (χ2v) is 3.52. The van der Waals surface area contributed by atoms with Gasteiger partial charge in [-0.15, -0.1) is 12.6 Å². The van der Waals surface area contributed by atoms with Gasteiger partial charge in [-0.05, 0) is 13.0 Å². The minimum atomic E-state index is -0.434. The lowest BCUT2D eigenvalue weighted by atomic mass is 10.2. The predicted molar refractivity (Wildman–Crippen MR) is 58.0 cm³/mol. The third-order valence-electron chi connectivity index (χ3n) is 2.06. The Morgan fingerprint density at radius 2 is 2.07 bits per heavy atom. The van der Waals surface area contributed by atoms with Gasteiger partial charge in [-0.2, -0.15) is 0 Å². The predicted octanol–water partition coefficient (Wildman–Crippen LogP) is 2.37. The van der Waals surface area contributed by atoms with Crippen molar-refractivity contribution in [2.75, 3.05) is 7.11 Å². The molecule has 0 N–H and O–H groups in total. The standard InChI is InChI=1S/C10H9FN2OS/c1-5-12-8-4-7(11)9(14-2)3-6(8)10(15)13-5/h3-4H,1-2H3,(H,12,13,15). The Morgan fingerprint density at radius 1 is 1.33 bits per heavy atom. The average molecular weight is 224 g/mol. The number of aromatic nitrogens is 2. The van der Waals surface area contributed by atoms with Crippen LogP contribution in [0.5, 0.6) is 5.75 Å². The van der Waals surface area contributed by atoms with Crippen LogP contribution in [-0.2, 0) is 0 Å². The summed E-state index contributed by atoms with van der Waals surface area (Å²) < 4.78 is 18.2. The Morgan fingerprint density at radius 3 is 2.73 bits per heavy atom. The highest BCUT2D eigenvalue weighted by Gasteiger charge is 2.09. The van der Waals surface area contributed by atoms with E-state index < -0.39 is 5.82 Å². The SMILES string of the molecule is COc1cc2c(S)nc(C)nc2cc1F. The molecular weight excluding hydrogens is 215 g/mol. The van der Waals surface area contributed by atoms with Crippen molar-refractivity contribution in [1.82, 2.24) is 9.97 Å². The van der Waals surface area contributed by atoms with E-state index in [0.717, 1.165) is 0 Å². The molecule has 78 valence electrons. The van der Waals surface area contributed by atoms with Crippen LogP contribution in [0, 0.1) is 12.7 Å². The number of fused-ring (bicyclic) bond motifs is 1. The molecule has 2 rings (SSSR count). The number of methoxy groups -OCH3 is 1.